The standard InChI is InChI=1S/C10H22N2O/c1-4-10-7-11-5-6-12(10)8-9(2)13-3/h9-11H,4-8H2,1-3H3. The number of nitrogens with one attached hydrogen (secondary N) is 1. The average molecular weight is 186 g/mol. The largest absolute Gasteiger partial charge is 0.380 e. The van der Waals surface area contributed by atoms with Gasteiger partial charge in [0.2, 0.25) is 0 Å². The van der Waals surface area contributed by atoms with Crippen LogP contribution in [0.5, 0.6) is 0 Å². The number of piperazine rings is 1. The summed E-state index contributed by atoms with van der Waals surface area (Å²) in [6.45, 7) is 8.86. The number of nitrogens with zero attached hydrogens (tertiary/aromatic N) is 1. The van der Waals surface area contributed by atoms with Gasteiger partial charge in [-0.25, -0.2) is 0 Å². The Balaban J connectivity index is 2.35. The lowest BCUT2D eigenvalue weighted by Crippen LogP contribution is -2.52. The molecule has 1 N–H and O–H groups in total. The van der Waals surface area contributed by atoms with Crippen molar-refractivity contribution in [3.8, 4) is 0 Å². The Morgan fingerprint density at radius 2 is 2.38 bits per heavy atom. The van der Waals surface area contributed by atoms with Crippen molar-refractivity contribution >= 4 is 0 Å². The van der Waals surface area contributed by atoms with Gasteiger partial charge in [0.05, 0.1) is 6.10 Å². The molecule has 0 aromatic heterocycles. The van der Waals surface area contributed by atoms with Gasteiger partial charge in [0.1, 0.15) is 0 Å². The first-order valence-electron chi connectivity index (χ1n) is 5.25. The topological polar surface area (TPSA) is 24.5 Å². The molecule has 0 spiro atoms. The van der Waals surface area contributed by atoms with Crippen LogP contribution in [0.3, 0.4) is 0 Å². The van der Waals surface area contributed by atoms with E-state index in [4.69, 9.17) is 4.74 Å². The lowest BCUT2D eigenvalue weighted by Gasteiger charge is -2.36. The van der Waals surface area contributed by atoms with Crippen LogP contribution in [0.15, 0.2) is 0 Å². The van der Waals surface area contributed by atoms with Gasteiger partial charge < -0.3 is 10.1 Å². The van der Waals surface area contributed by atoms with Crippen LogP contribution in [0, 0.1) is 0 Å². The van der Waals surface area contributed by atoms with E-state index >= 15 is 0 Å². The molecule has 1 heterocycles. The molecule has 0 aromatic carbocycles. The van der Waals surface area contributed by atoms with Crippen LogP contribution in [0.1, 0.15) is 20.3 Å². The highest BCUT2D eigenvalue weighted by Crippen LogP contribution is 2.08. The van der Waals surface area contributed by atoms with Crippen molar-refractivity contribution in [1.82, 2.24) is 10.2 Å². The van der Waals surface area contributed by atoms with E-state index < -0.39 is 0 Å². The fourth-order valence-electron chi connectivity index (χ4n) is 1.85. The Labute approximate surface area is 81.4 Å². The highest BCUT2D eigenvalue weighted by atomic mass is 16.5. The minimum absolute atomic E-state index is 0.354. The van der Waals surface area contributed by atoms with E-state index in [-0.39, 0.29) is 0 Å². The van der Waals surface area contributed by atoms with Crippen molar-refractivity contribution in [2.45, 2.75) is 32.4 Å². The summed E-state index contributed by atoms with van der Waals surface area (Å²) in [6, 6.07) is 0.700. The summed E-state index contributed by atoms with van der Waals surface area (Å²) in [4.78, 5) is 2.53. The van der Waals surface area contributed by atoms with Crippen LogP contribution >= 0.6 is 0 Å². The van der Waals surface area contributed by atoms with Gasteiger partial charge in [0, 0.05) is 39.3 Å². The zero-order valence-electron chi connectivity index (χ0n) is 9.05. The number of rotatable bonds is 4. The molecule has 0 aromatic rings. The van der Waals surface area contributed by atoms with Gasteiger partial charge in [-0.3, -0.25) is 4.90 Å². The SMILES string of the molecule is CCC1CNCCN1CC(C)OC. The van der Waals surface area contributed by atoms with Gasteiger partial charge in [-0.05, 0) is 13.3 Å². The molecular formula is C10H22N2O. The molecule has 0 amide bonds. The molecule has 1 aliphatic heterocycles. The highest BCUT2D eigenvalue weighted by Gasteiger charge is 2.21. The van der Waals surface area contributed by atoms with Crippen molar-refractivity contribution in [3.63, 3.8) is 0 Å². The van der Waals surface area contributed by atoms with Gasteiger partial charge in [-0.2, -0.15) is 0 Å². The summed E-state index contributed by atoms with van der Waals surface area (Å²) in [7, 11) is 1.79. The van der Waals surface area contributed by atoms with E-state index in [1.54, 1.807) is 7.11 Å². The Morgan fingerprint density at radius 3 is 3.00 bits per heavy atom. The van der Waals surface area contributed by atoms with Gasteiger partial charge in [-0.1, -0.05) is 6.92 Å². The molecule has 1 rings (SSSR count). The average Bonchev–Trinajstić information content (AvgIpc) is 2.18. The van der Waals surface area contributed by atoms with E-state index in [0.717, 1.165) is 26.2 Å². The van der Waals surface area contributed by atoms with Crippen LogP contribution in [0.2, 0.25) is 0 Å². The molecule has 78 valence electrons. The Hall–Kier alpha value is -0.120. The lowest BCUT2D eigenvalue weighted by atomic mass is 10.1. The van der Waals surface area contributed by atoms with Crippen molar-refractivity contribution < 1.29 is 4.74 Å². The smallest absolute Gasteiger partial charge is 0.0670 e. The van der Waals surface area contributed by atoms with E-state index in [1.807, 2.05) is 0 Å². The number of ether oxygens (including phenoxy) is 1. The molecule has 2 atom stereocenters. The zero-order chi connectivity index (χ0) is 9.68. The minimum atomic E-state index is 0.354. The van der Waals surface area contributed by atoms with E-state index in [2.05, 4.69) is 24.1 Å². The van der Waals surface area contributed by atoms with Crippen molar-refractivity contribution in [3.05, 3.63) is 0 Å². The van der Waals surface area contributed by atoms with Crippen molar-refractivity contribution in [1.29, 1.82) is 0 Å². The summed E-state index contributed by atoms with van der Waals surface area (Å²) in [6.07, 6.45) is 1.58. The third-order valence-corrected chi connectivity index (χ3v) is 2.84. The molecule has 1 fully saturated rings. The molecule has 0 radical (unpaired) electrons. The predicted octanol–water partition coefficient (Wildman–Crippen LogP) is 0.705. The maximum atomic E-state index is 5.28. The fraction of sp³-hybridized carbons (Fsp3) is 1.00. The molecule has 3 nitrogen and oxygen atoms in total. The molecule has 3 heteroatoms. The second-order valence-electron chi connectivity index (χ2n) is 3.81. The van der Waals surface area contributed by atoms with Crippen LogP contribution in [-0.4, -0.2) is 50.3 Å². The first kappa shape index (κ1) is 11.0. The summed E-state index contributed by atoms with van der Waals surface area (Å²) in [5.74, 6) is 0. The Morgan fingerprint density at radius 1 is 1.62 bits per heavy atom. The maximum Gasteiger partial charge on any atom is 0.0670 e. The highest BCUT2D eigenvalue weighted by molar-refractivity contribution is 4.79. The van der Waals surface area contributed by atoms with Gasteiger partial charge in [0.15, 0.2) is 0 Å². The minimum Gasteiger partial charge on any atom is -0.380 e. The van der Waals surface area contributed by atoms with E-state index in [0.29, 0.717) is 12.1 Å². The summed E-state index contributed by atoms with van der Waals surface area (Å²) < 4.78 is 5.28. The van der Waals surface area contributed by atoms with E-state index in [1.165, 1.54) is 6.42 Å². The van der Waals surface area contributed by atoms with Gasteiger partial charge in [0.25, 0.3) is 0 Å². The number of hydrogen-bond acceptors (Lipinski definition) is 3. The van der Waals surface area contributed by atoms with Crippen LogP contribution in [-0.2, 0) is 4.74 Å². The summed E-state index contributed by atoms with van der Waals surface area (Å²) in [5, 5.41) is 3.42. The summed E-state index contributed by atoms with van der Waals surface area (Å²) >= 11 is 0. The monoisotopic (exact) mass is 186 g/mol. The van der Waals surface area contributed by atoms with Crippen LogP contribution < -0.4 is 5.32 Å². The Kier molecular flexibility index (Phi) is 4.70. The molecule has 0 bridgehead atoms. The maximum absolute atomic E-state index is 5.28. The lowest BCUT2D eigenvalue weighted by molar-refractivity contribution is 0.0500. The van der Waals surface area contributed by atoms with Gasteiger partial charge >= 0.3 is 0 Å². The molecule has 1 saturated heterocycles. The third kappa shape index (κ3) is 3.25. The quantitative estimate of drug-likeness (QED) is 0.699. The Bertz CT molecular complexity index is 141. The van der Waals surface area contributed by atoms with Crippen molar-refractivity contribution in [2.24, 2.45) is 0 Å². The molecule has 13 heavy (non-hydrogen) atoms. The third-order valence-electron chi connectivity index (χ3n) is 2.84. The van der Waals surface area contributed by atoms with Crippen molar-refractivity contribution in [2.75, 3.05) is 33.3 Å². The fourth-order valence-corrected chi connectivity index (χ4v) is 1.85. The molecule has 1 aliphatic rings. The zero-order valence-corrected chi connectivity index (χ0v) is 9.05. The molecule has 2 unspecified atom stereocenters. The number of hydrogen-bond donors (Lipinski definition) is 1. The first-order chi connectivity index (χ1) is 6.27. The molecule has 0 aliphatic carbocycles. The van der Waals surface area contributed by atoms with Gasteiger partial charge in [-0.15, -0.1) is 0 Å². The predicted molar refractivity (Wildman–Crippen MR) is 55.0 cm³/mol. The van der Waals surface area contributed by atoms with E-state index in [9.17, 15) is 0 Å². The molecular weight excluding hydrogens is 164 g/mol. The van der Waals surface area contributed by atoms with Crippen LogP contribution in [0.4, 0.5) is 0 Å². The second-order valence-corrected chi connectivity index (χ2v) is 3.81. The summed E-state index contributed by atoms with van der Waals surface area (Å²) in [5.41, 5.74) is 0. The second kappa shape index (κ2) is 5.58. The number of methoxy groups -OCH3 is 1. The first-order valence-corrected chi connectivity index (χ1v) is 5.25. The van der Waals surface area contributed by atoms with Crippen LogP contribution in [0.25, 0.3) is 0 Å². The normalized spacial score (nSPS) is 27.5. The molecule has 0 saturated carbocycles.